The van der Waals surface area contributed by atoms with Crippen LogP contribution < -0.4 is 20.3 Å². The molecule has 33 heavy (non-hydrogen) atoms. The standard InChI is InChI=1S/C24H27N5O3S/c1-16(9-10-17-11-13-18(14-12-17)28(2)3)26-27-24(25)33-21-15-22(30)29(23(21)31)19-7-5-6-8-20(19)32-4/h5-14,21H,15H2,1-4H3,(H2,25,27)/b10-9+,26-16-/t21-/m0/s1. The topological polar surface area (TPSA) is 101 Å². The van der Waals surface area contributed by atoms with Gasteiger partial charge >= 0.3 is 0 Å². The lowest BCUT2D eigenvalue weighted by Gasteiger charge is -2.17. The summed E-state index contributed by atoms with van der Waals surface area (Å²) in [7, 11) is 5.48. The molecule has 2 aromatic rings. The number of benzene rings is 2. The number of allylic oxidation sites excluding steroid dienone is 1. The first kappa shape index (κ1) is 24.1. The molecule has 1 heterocycles. The number of thioether (sulfide) groups is 1. The lowest BCUT2D eigenvalue weighted by molar-refractivity contribution is -0.121. The molecule has 2 amide bonds. The Hall–Kier alpha value is -3.59. The van der Waals surface area contributed by atoms with E-state index in [1.807, 2.05) is 55.4 Å². The number of rotatable bonds is 7. The first-order valence-electron chi connectivity index (χ1n) is 10.3. The molecule has 9 heteroatoms. The van der Waals surface area contributed by atoms with Crippen LogP contribution in [0.2, 0.25) is 0 Å². The molecule has 0 aliphatic carbocycles. The largest absolute Gasteiger partial charge is 0.495 e. The summed E-state index contributed by atoms with van der Waals surface area (Å²) < 4.78 is 5.28. The fourth-order valence-corrected chi connectivity index (χ4v) is 4.01. The molecule has 2 N–H and O–H groups in total. The van der Waals surface area contributed by atoms with E-state index in [9.17, 15) is 9.59 Å². The van der Waals surface area contributed by atoms with E-state index in [1.165, 1.54) is 7.11 Å². The summed E-state index contributed by atoms with van der Waals surface area (Å²) in [5.74, 6) is -0.207. The van der Waals surface area contributed by atoms with Crippen molar-refractivity contribution < 1.29 is 14.3 Å². The van der Waals surface area contributed by atoms with Gasteiger partial charge in [-0.2, -0.15) is 5.10 Å². The minimum absolute atomic E-state index is 0.0311. The van der Waals surface area contributed by atoms with Gasteiger partial charge in [0.25, 0.3) is 0 Å². The van der Waals surface area contributed by atoms with Crippen LogP contribution in [0.25, 0.3) is 6.08 Å². The van der Waals surface area contributed by atoms with E-state index in [-0.39, 0.29) is 23.4 Å². The fraction of sp³-hybridized carbons (Fsp3) is 0.250. The first-order chi connectivity index (χ1) is 15.8. The number of carbonyl (C=O) groups excluding carboxylic acids is 2. The van der Waals surface area contributed by atoms with Crippen LogP contribution in [0, 0.1) is 0 Å². The van der Waals surface area contributed by atoms with E-state index in [0.29, 0.717) is 17.1 Å². The number of carbonyl (C=O) groups is 2. The van der Waals surface area contributed by atoms with Crippen molar-refractivity contribution in [3.63, 3.8) is 0 Å². The highest BCUT2D eigenvalue weighted by Gasteiger charge is 2.41. The molecule has 0 unspecified atom stereocenters. The molecule has 0 spiro atoms. The molecular weight excluding hydrogens is 438 g/mol. The summed E-state index contributed by atoms with van der Waals surface area (Å²) in [5.41, 5.74) is 9.20. The van der Waals surface area contributed by atoms with Crippen LogP contribution in [0.5, 0.6) is 5.75 Å². The third-order valence-electron chi connectivity index (χ3n) is 4.93. The highest BCUT2D eigenvalue weighted by atomic mass is 32.2. The second-order valence-electron chi connectivity index (χ2n) is 7.55. The fourth-order valence-electron chi connectivity index (χ4n) is 3.19. The Morgan fingerprint density at radius 1 is 1.15 bits per heavy atom. The predicted molar refractivity (Wildman–Crippen MR) is 136 cm³/mol. The van der Waals surface area contributed by atoms with Gasteiger partial charge < -0.3 is 15.4 Å². The van der Waals surface area contributed by atoms with Crippen molar-refractivity contribution in [3.8, 4) is 5.75 Å². The molecule has 1 fully saturated rings. The van der Waals surface area contributed by atoms with Crippen LogP contribution in [-0.2, 0) is 9.59 Å². The smallest absolute Gasteiger partial charge is 0.248 e. The minimum Gasteiger partial charge on any atom is -0.495 e. The molecule has 1 aliphatic heterocycles. The highest BCUT2D eigenvalue weighted by molar-refractivity contribution is 8.14. The van der Waals surface area contributed by atoms with Crippen molar-refractivity contribution in [2.45, 2.75) is 18.6 Å². The molecule has 1 aliphatic rings. The number of methoxy groups -OCH3 is 1. The Morgan fingerprint density at radius 2 is 1.85 bits per heavy atom. The number of amidine groups is 1. The summed E-state index contributed by atoms with van der Waals surface area (Å²) in [6.07, 6.45) is 3.80. The number of hydrogen-bond donors (Lipinski definition) is 1. The second kappa shape index (κ2) is 10.8. The Morgan fingerprint density at radius 3 is 2.52 bits per heavy atom. The van der Waals surface area contributed by atoms with Gasteiger partial charge in [-0.25, -0.2) is 4.90 Å². The summed E-state index contributed by atoms with van der Waals surface area (Å²) in [5, 5.41) is 7.58. The van der Waals surface area contributed by atoms with Crippen LogP contribution in [0.3, 0.4) is 0 Å². The quantitative estimate of drug-likeness (QED) is 0.291. The maximum Gasteiger partial charge on any atom is 0.248 e. The van der Waals surface area contributed by atoms with Gasteiger partial charge in [-0.05, 0) is 42.8 Å². The van der Waals surface area contributed by atoms with Gasteiger partial charge in [0.1, 0.15) is 11.0 Å². The number of anilines is 2. The van der Waals surface area contributed by atoms with Crippen molar-refractivity contribution >= 4 is 51.9 Å². The number of amides is 2. The van der Waals surface area contributed by atoms with Crippen molar-refractivity contribution in [1.29, 1.82) is 0 Å². The van der Waals surface area contributed by atoms with E-state index < -0.39 is 5.25 Å². The molecule has 0 saturated carbocycles. The Balaban J connectivity index is 1.63. The molecule has 172 valence electrons. The zero-order chi connectivity index (χ0) is 24.0. The molecule has 2 aromatic carbocycles. The number of nitrogens with zero attached hydrogens (tertiary/aromatic N) is 4. The molecule has 0 bridgehead atoms. The lowest BCUT2D eigenvalue weighted by Crippen LogP contribution is -2.32. The van der Waals surface area contributed by atoms with Gasteiger partial charge in [0, 0.05) is 26.2 Å². The number of hydrogen-bond acceptors (Lipinski definition) is 7. The Labute approximate surface area is 197 Å². The van der Waals surface area contributed by atoms with E-state index in [2.05, 4.69) is 10.2 Å². The molecule has 0 aromatic heterocycles. The summed E-state index contributed by atoms with van der Waals surface area (Å²) in [4.78, 5) is 28.5. The molecule has 8 nitrogen and oxygen atoms in total. The Bertz CT molecular complexity index is 1110. The predicted octanol–water partition coefficient (Wildman–Crippen LogP) is 3.53. The van der Waals surface area contributed by atoms with Crippen molar-refractivity contribution in [2.75, 3.05) is 31.0 Å². The van der Waals surface area contributed by atoms with Gasteiger partial charge in [-0.1, -0.05) is 42.1 Å². The van der Waals surface area contributed by atoms with Crippen molar-refractivity contribution in [1.82, 2.24) is 0 Å². The SMILES string of the molecule is COc1ccccc1N1C(=O)C[C@H](SC(N)=N/N=C(C)\C=C\c2ccc(N(C)C)cc2)C1=O. The molecule has 1 saturated heterocycles. The van der Waals surface area contributed by atoms with Gasteiger partial charge in [0.15, 0.2) is 5.17 Å². The van der Waals surface area contributed by atoms with Crippen LogP contribution >= 0.6 is 11.8 Å². The summed E-state index contributed by atoms with van der Waals surface area (Å²) in [6.45, 7) is 1.81. The van der Waals surface area contributed by atoms with Gasteiger partial charge in [0.05, 0.1) is 18.5 Å². The normalized spacial score (nSPS) is 17.2. The van der Waals surface area contributed by atoms with Gasteiger partial charge in [-0.15, -0.1) is 5.10 Å². The maximum atomic E-state index is 12.9. The van der Waals surface area contributed by atoms with Crippen molar-refractivity contribution in [3.05, 3.63) is 60.2 Å². The number of ether oxygens (including phenoxy) is 1. The molecule has 1 atom stereocenters. The van der Waals surface area contributed by atoms with Gasteiger partial charge in [0.2, 0.25) is 11.8 Å². The molecule has 3 rings (SSSR count). The van der Waals surface area contributed by atoms with E-state index in [1.54, 1.807) is 31.2 Å². The minimum atomic E-state index is -0.660. The van der Waals surface area contributed by atoms with Crippen LogP contribution in [0.4, 0.5) is 11.4 Å². The lowest BCUT2D eigenvalue weighted by atomic mass is 10.2. The number of nitrogens with two attached hydrogens (primary N) is 1. The average molecular weight is 466 g/mol. The maximum absolute atomic E-state index is 12.9. The van der Waals surface area contributed by atoms with Gasteiger partial charge in [-0.3, -0.25) is 9.59 Å². The van der Waals surface area contributed by atoms with Crippen molar-refractivity contribution in [2.24, 2.45) is 15.9 Å². The monoisotopic (exact) mass is 465 g/mol. The van der Waals surface area contributed by atoms with E-state index in [4.69, 9.17) is 10.5 Å². The third kappa shape index (κ3) is 6.01. The van der Waals surface area contributed by atoms with E-state index in [0.717, 1.165) is 27.9 Å². The number of imide groups is 1. The van der Waals surface area contributed by atoms with Crippen LogP contribution in [0.15, 0.2) is 64.8 Å². The Kier molecular flexibility index (Phi) is 7.89. The van der Waals surface area contributed by atoms with E-state index >= 15 is 0 Å². The molecular formula is C24H27N5O3S. The third-order valence-corrected chi connectivity index (χ3v) is 5.90. The summed E-state index contributed by atoms with van der Waals surface area (Å²) in [6, 6.07) is 15.0. The zero-order valence-electron chi connectivity index (χ0n) is 19.1. The zero-order valence-corrected chi connectivity index (χ0v) is 19.9. The average Bonchev–Trinajstić information content (AvgIpc) is 3.08. The first-order valence-corrected chi connectivity index (χ1v) is 11.2. The summed E-state index contributed by atoms with van der Waals surface area (Å²) >= 11 is 1.03. The molecule has 0 radical (unpaired) electrons. The van der Waals surface area contributed by atoms with Crippen LogP contribution in [-0.4, -0.2) is 49.1 Å². The van der Waals surface area contributed by atoms with Crippen LogP contribution in [0.1, 0.15) is 18.9 Å². The highest BCUT2D eigenvalue weighted by Crippen LogP contribution is 2.35. The second-order valence-corrected chi connectivity index (χ2v) is 8.77. The number of para-hydroxylation sites is 2.